The normalized spacial score (nSPS) is 21.8. The number of aldehydes is 1. The molecule has 1 aliphatic heterocycles. The van der Waals surface area contributed by atoms with Gasteiger partial charge < -0.3 is 9.53 Å². The molecule has 2 rings (SSSR count). The molecule has 1 fully saturated rings. The monoisotopic (exact) mass is 311 g/mol. The number of carbonyl (C=O) groups is 2. The first-order valence-corrected chi connectivity index (χ1v) is 7.10. The van der Waals surface area contributed by atoms with E-state index >= 15 is 0 Å². The van der Waals surface area contributed by atoms with Crippen molar-refractivity contribution in [2.45, 2.75) is 44.8 Å². The van der Waals surface area contributed by atoms with Gasteiger partial charge in [0.05, 0.1) is 6.04 Å². The van der Waals surface area contributed by atoms with E-state index in [2.05, 4.69) is 0 Å². The molecule has 1 aliphatic rings. The molecular weight excluding hydrogens is 292 g/mol. The zero-order valence-corrected chi connectivity index (χ0v) is 12.8. The fourth-order valence-corrected chi connectivity index (χ4v) is 2.58. The van der Waals surface area contributed by atoms with Gasteiger partial charge in [-0.15, -0.1) is 0 Å². The fraction of sp³-hybridized carbons (Fsp3) is 0.500. The van der Waals surface area contributed by atoms with E-state index in [4.69, 9.17) is 4.74 Å². The molecule has 0 saturated carbocycles. The van der Waals surface area contributed by atoms with Crippen molar-refractivity contribution in [3.63, 3.8) is 0 Å². The van der Waals surface area contributed by atoms with E-state index in [-0.39, 0.29) is 12.5 Å². The molecule has 6 heteroatoms. The molecular formula is C16H19F2NO3. The van der Waals surface area contributed by atoms with Crippen molar-refractivity contribution in [3.05, 3.63) is 35.4 Å². The van der Waals surface area contributed by atoms with Crippen molar-refractivity contribution in [1.29, 1.82) is 0 Å². The van der Waals surface area contributed by atoms with Crippen LogP contribution >= 0.6 is 0 Å². The second kappa shape index (κ2) is 6.02. The Morgan fingerprint density at radius 3 is 2.36 bits per heavy atom. The Bertz CT molecular complexity index is 563. The van der Waals surface area contributed by atoms with E-state index in [0.29, 0.717) is 18.3 Å². The highest BCUT2D eigenvalue weighted by Gasteiger charge is 2.38. The third-order valence-electron chi connectivity index (χ3n) is 3.48. The van der Waals surface area contributed by atoms with Crippen LogP contribution in [0.15, 0.2) is 18.2 Å². The number of carbonyl (C=O) groups excluding carboxylic acids is 2. The first-order chi connectivity index (χ1) is 10.2. The number of hydrogen-bond donors (Lipinski definition) is 0. The first kappa shape index (κ1) is 16.4. The van der Waals surface area contributed by atoms with Gasteiger partial charge in [0.1, 0.15) is 23.5 Å². The predicted octanol–water partition coefficient (Wildman–Crippen LogP) is 3.26. The van der Waals surface area contributed by atoms with Gasteiger partial charge in [-0.1, -0.05) is 0 Å². The molecule has 0 radical (unpaired) electrons. The number of nitrogens with zero attached hydrogens (tertiary/aromatic N) is 1. The maximum atomic E-state index is 13.3. The summed E-state index contributed by atoms with van der Waals surface area (Å²) in [6.07, 6.45) is 0.398. The molecule has 2 atom stereocenters. The number of hydrogen-bond acceptors (Lipinski definition) is 3. The van der Waals surface area contributed by atoms with Gasteiger partial charge in [-0.25, -0.2) is 13.6 Å². The van der Waals surface area contributed by atoms with Gasteiger partial charge >= 0.3 is 6.09 Å². The molecule has 1 amide bonds. The lowest BCUT2D eigenvalue weighted by atomic mass is 9.96. The summed E-state index contributed by atoms with van der Waals surface area (Å²) in [4.78, 5) is 24.6. The van der Waals surface area contributed by atoms with E-state index in [1.165, 1.54) is 17.0 Å². The smallest absolute Gasteiger partial charge is 0.410 e. The summed E-state index contributed by atoms with van der Waals surface area (Å²) < 4.78 is 31.9. The molecule has 1 aromatic carbocycles. The minimum Gasteiger partial charge on any atom is -0.444 e. The zero-order chi connectivity index (χ0) is 16.5. The molecule has 0 aromatic heterocycles. The van der Waals surface area contributed by atoms with E-state index < -0.39 is 29.4 Å². The lowest BCUT2D eigenvalue weighted by Gasteiger charge is -2.26. The molecule has 0 unspecified atom stereocenters. The lowest BCUT2D eigenvalue weighted by Crippen LogP contribution is -2.40. The average molecular weight is 311 g/mol. The number of amides is 1. The van der Waals surface area contributed by atoms with Crippen LogP contribution in [-0.2, 0) is 9.53 Å². The summed E-state index contributed by atoms with van der Waals surface area (Å²) in [6.45, 7) is 5.39. The SMILES string of the molecule is CC(C)(C)OC(=O)N1C[C@H](c2cc(F)cc(F)c2)C[C@H]1C=O. The van der Waals surface area contributed by atoms with E-state index in [0.717, 1.165) is 6.07 Å². The number of benzene rings is 1. The molecule has 1 aromatic rings. The molecule has 22 heavy (non-hydrogen) atoms. The van der Waals surface area contributed by atoms with Gasteiger partial charge in [-0.05, 0) is 44.9 Å². The van der Waals surface area contributed by atoms with Crippen molar-refractivity contribution in [3.8, 4) is 0 Å². The molecule has 0 spiro atoms. The highest BCUT2D eigenvalue weighted by molar-refractivity contribution is 5.75. The fourth-order valence-electron chi connectivity index (χ4n) is 2.58. The summed E-state index contributed by atoms with van der Waals surface area (Å²) in [6, 6.07) is 2.61. The number of halogens is 2. The Kier molecular flexibility index (Phi) is 4.49. The second-order valence-electron chi connectivity index (χ2n) is 6.47. The first-order valence-electron chi connectivity index (χ1n) is 7.10. The van der Waals surface area contributed by atoms with Gasteiger partial charge in [0.2, 0.25) is 0 Å². The molecule has 0 bridgehead atoms. The van der Waals surface area contributed by atoms with E-state index in [1.54, 1.807) is 20.8 Å². The highest BCUT2D eigenvalue weighted by atomic mass is 19.1. The van der Waals surface area contributed by atoms with Crippen molar-refractivity contribution >= 4 is 12.4 Å². The molecule has 0 N–H and O–H groups in total. The summed E-state index contributed by atoms with van der Waals surface area (Å²) >= 11 is 0. The van der Waals surface area contributed by atoms with Crippen LogP contribution in [0.5, 0.6) is 0 Å². The van der Waals surface area contributed by atoms with Crippen LogP contribution in [0.4, 0.5) is 13.6 Å². The highest BCUT2D eigenvalue weighted by Crippen LogP contribution is 2.32. The second-order valence-corrected chi connectivity index (χ2v) is 6.47. The van der Waals surface area contributed by atoms with Crippen LogP contribution < -0.4 is 0 Å². The van der Waals surface area contributed by atoms with Gasteiger partial charge in [-0.3, -0.25) is 4.90 Å². The van der Waals surface area contributed by atoms with Gasteiger partial charge in [0.15, 0.2) is 0 Å². The Morgan fingerprint density at radius 2 is 1.86 bits per heavy atom. The predicted molar refractivity (Wildman–Crippen MR) is 76.5 cm³/mol. The van der Waals surface area contributed by atoms with Crippen molar-refractivity contribution in [2.24, 2.45) is 0 Å². The Labute approximate surface area is 128 Å². The van der Waals surface area contributed by atoms with Crippen molar-refractivity contribution in [2.75, 3.05) is 6.54 Å². The number of rotatable bonds is 2. The third-order valence-corrected chi connectivity index (χ3v) is 3.48. The van der Waals surface area contributed by atoms with Crippen molar-refractivity contribution < 1.29 is 23.1 Å². The molecule has 1 heterocycles. The third kappa shape index (κ3) is 3.81. The zero-order valence-electron chi connectivity index (χ0n) is 12.8. The largest absolute Gasteiger partial charge is 0.444 e. The maximum absolute atomic E-state index is 13.3. The summed E-state index contributed by atoms with van der Waals surface area (Å²) in [5.74, 6) is -1.64. The van der Waals surface area contributed by atoms with Crippen LogP contribution in [0.25, 0.3) is 0 Å². The summed E-state index contributed by atoms with van der Waals surface area (Å²) in [5, 5.41) is 0. The van der Waals surface area contributed by atoms with Crippen molar-refractivity contribution in [1.82, 2.24) is 4.90 Å². The van der Waals surface area contributed by atoms with Crippen LogP contribution in [0, 0.1) is 11.6 Å². The van der Waals surface area contributed by atoms with Gasteiger partial charge in [0, 0.05) is 18.5 Å². The lowest BCUT2D eigenvalue weighted by molar-refractivity contribution is -0.111. The van der Waals surface area contributed by atoms with Gasteiger partial charge in [0.25, 0.3) is 0 Å². The molecule has 120 valence electrons. The summed E-state index contributed by atoms with van der Waals surface area (Å²) in [5.41, 5.74) is -0.233. The van der Waals surface area contributed by atoms with E-state index in [9.17, 15) is 18.4 Å². The average Bonchev–Trinajstić information content (AvgIpc) is 2.79. The van der Waals surface area contributed by atoms with Gasteiger partial charge in [-0.2, -0.15) is 0 Å². The molecule has 4 nitrogen and oxygen atoms in total. The minimum atomic E-state index is -0.673. The van der Waals surface area contributed by atoms with E-state index in [1.807, 2.05) is 0 Å². The van der Waals surface area contributed by atoms with Crippen LogP contribution in [0.3, 0.4) is 0 Å². The standard InChI is InChI=1S/C16H19F2NO3/c1-16(2,3)22-15(21)19-8-11(6-14(19)9-20)10-4-12(17)7-13(18)5-10/h4-5,7,9,11,14H,6,8H2,1-3H3/t11-,14+/m1/s1. The van der Waals surface area contributed by atoms with Crippen LogP contribution in [-0.4, -0.2) is 35.5 Å². The Hall–Kier alpha value is -1.98. The summed E-state index contributed by atoms with van der Waals surface area (Å²) in [7, 11) is 0. The Balaban J connectivity index is 2.18. The quantitative estimate of drug-likeness (QED) is 0.788. The molecule has 1 saturated heterocycles. The Morgan fingerprint density at radius 1 is 1.27 bits per heavy atom. The van der Waals surface area contributed by atoms with Crippen LogP contribution in [0.2, 0.25) is 0 Å². The number of likely N-dealkylation sites (tertiary alicyclic amines) is 1. The number of ether oxygens (including phenoxy) is 1. The molecule has 0 aliphatic carbocycles. The maximum Gasteiger partial charge on any atom is 0.410 e. The minimum absolute atomic E-state index is 0.196. The van der Waals surface area contributed by atoms with Crippen LogP contribution in [0.1, 0.15) is 38.7 Å². The topological polar surface area (TPSA) is 46.6 Å².